The molecule has 0 spiro atoms. The second-order valence-electron chi connectivity index (χ2n) is 5.71. The summed E-state index contributed by atoms with van der Waals surface area (Å²) in [4.78, 5) is 5.38. The summed E-state index contributed by atoms with van der Waals surface area (Å²) in [5, 5.41) is 3.99. The summed E-state index contributed by atoms with van der Waals surface area (Å²) in [5.41, 5.74) is 0.880. The highest BCUT2D eigenvalue weighted by molar-refractivity contribution is 7.91. The van der Waals surface area contributed by atoms with Crippen LogP contribution >= 0.6 is 11.3 Å². The third-order valence-electron chi connectivity index (χ3n) is 3.98. The Balaban J connectivity index is 1.47. The maximum absolute atomic E-state index is 12.5. The second kappa shape index (κ2) is 5.80. The van der Waals surface area contributed by atoms with Crippen molar-refractivity contribution in [3.05, 3.63) is 53.2 Å². The van der Waals surface area contributed by atoms with Crippen LogP contribution in [0.1, 0.15) is 16.7 Å². The summed E-state index contributed by atoms with van der Waals surface area (Å²) in [7, 11) is -3.41. The molecule has 1 saturated heterocycles. The first-order valence-corrected chi connectivity index (χ1v) is 9.75. The number of hydrogen-bond acceptors (Lipinski definition) is 6. The molecule has 2 aromatic heterocycles. The number of hydrogen-bond donors (Lipinski definition) is 0. The van der Waals surface area contributed by atoms with Crippen molar-refractivity contribution in [1.29, 1.82) is 0 Å². The standard InChI is InChI=1S/C16H15N3O3S2/c1-11-7-8-14(23-11)24(20,21)19-9-13(10-19)16-17-15(18-22-16)12-5-3-2-4-6-12/h2-8,13H,9-10H2,1H3. The van der Waals surface area contributed by atoms with E-state index in [0.29, 0.717) is 29.0 Å². The third-order valence-corrected chi connectivity index (χ3v) is 7.28. The molecule has 6 nitrogen and oxygen atoms in total. The highest BCUT2D eigenvalue weighted by Gasteiger charge is 2.40. The van der Waals surface area contributed by atoms with Crippen LogP contribution in [0.5, 0.6) is 0 Å². The zero-order valence-electron chi connectivity index (χ0n) is 12.9. The zero-order valence-corrected chi connectivity index (χ0v) is 14.5. The molecule has 0 N–H and O–H groups in total. The van der Waals surface area contributed by atoms with Crippen molar-refractivity contribution < 1.29 is 12.9 Å². The normalized spacial score (nSPS) is 16.2. The highest BCUT2D eigenvalue weighted by atomic mass is 32.2. The first-order chi connectivity index (χ1) is 11.5. The van der Waals surface area contributed by atoms with E-state index in [1.165, 1.54) is 15.6 Å². The number of rotatable bonds is 4. The SMILES string of the molecule is Cc1ccc(S(=O)(=O)N2CC(c3nc(-c4ccccc4)no3)C2)s1. The molecule has 8 heteroatoms. The van der Waals surface area contributed by atoms with Crippen molar-refractivity contribution in [2.24, 2.45) is 0 Å². The average Bonchev–Trinajstić information content (AvgIpc) is 3.16. The molecule has 1 fully saturated rings. The summed E-state index contributed by atoms with van der Waals surface area (Å²) in [6.07, 6.45) is 0. The van der Waals surface area contributed by atoms with E-state index >= 15 is 0 Å². The Morgan fingerprint density at radius 1 is 1.17 bits per heavy atom. The van der Waals surface area contributed by atoms with Gasteiger partial charge < -0.3 is 4.52 Å². The largest absolute Gasteiger partial charge is 0.339 e. The smallest absolute Gasteiger partial charge is 0.252 e. The van der Waals surface area contributed by atoms with Gasteiger partial charge in [0.1, 0.15) is 4.21 Å². The van der Waals surface area contributed by atoms with E-state index in [0.717, 1.165) is 10.4 Å². The van der Waals surface area contributed by atoms with Gasteiger partial charge in [-0.15, -0.1) is 11.3 Å². The van der Waals surface area contributed by atoms with E-state index in [-0.39, 0.29) is 5.92 Å². The number of aryl methyl sites for hydroxylation is 1. The minimum Gasteiger partial charge on any atom is -0.339 e. The molecule has 1 aromatic carbocycles. The maximum Gasteiger partial charge on any atom is 0.252 e. The van der Waals surface area contributed by atoms with Crippen molar-refractivity contribution in [3.8, 4) is 11.4 Å². The molecule has 1 aliphatic heterocycles. The Bertz CT molecular complexity index is 957. The fourth-order valence-electron chi connectivity index (χ4n) is 2.57. The molecule has 0 radical (unpaired) electrons. The maximum atomic E-state index is 12.5. The van der Waals surface area contributed by atoms with Crippen molar-refractivity contribution in [1.82, 2.24) is 14.4 Å². The Hall–Kier alpha value is -2.03. The van der Waals surface area contributed by atoms with Gasteiger partial charge in [-0.2, -0.15) is 9.29 Å². The Morgan fingerprint density at radius 3 is 2.58 bits per heavy atom. The minimum absolute atomic E-state index is 0.0502. The van der Waals surface area contributed by atoms with Crippen LogP contribution in [0.25, 0.3) is 11.4 Å². The van der Waals surface area contributed by atoms with Gasteiger partial charge in [-0.1, -0.05) is 35.5 Å². The molecule has 0 bridgehead atoms. The molecule has 0 saturated carbocycles. The lowest BCUT2D eigenvalue weighted by Crippen LogP contribution is -2.48. The van der Waals surface area contributed by atoms with E-state index in [2.05, 4.69) is 10.1 Å². The second-order valence-corrected chi connectivity index (χ2v) is 9.16. The van der Waals surface area contributed by atoms with Crippen LogP contribution < -0.4 is 0 Å². The average molecular weight is 361 g/mol. The molecule has 0 unspecified atom stereocenters. The van der Waals surface area contributed by atoms with Gasteiger partial charge in [-0.05, 0) is 19.1 Å². The van der Waals surface area contributed by atoms with E-state index < -0.39 is 10.0 Å². The van der Waals surface area contributed by atoms with Gasteiger partial charge in [0.05, 0.1) is 5.92 Å². The van der Waals surface area contributed by atoms with Gasteiger partial charge in [-0.25, -0.2) is 8.42 Å². The first-order valence-electron chi connectivity index (χ1n) is 7.49. The van der Waals surface area contributed by atoms with E-state index in [1.54, 1.807) is 6.07 Å². The lowest BCUT2D eigenvalue weighted by molar-refractivity contribution is 0.217. The summed E-state index contributed by atoms with van der Waals surface area (Å²) < 4.78 is 32.2. The summed E-state index contributed by atoms with van der Waals surface area (Å²) in [6, 6.07) is 13.0. The van der Waals surface area contributed by atoms with Crippen LogP contribution in [-0.4, -0.2) is 36.0 Å². The van der Waals surface area contributed by atoms with Crippen LogP contribution in [0.4, 0.5) is 0 Å². The van der Waals surface area contributed by atoms with Crippen molar-refractivity contribution >= 4 is 21.4 Å². The fraction of sp³-hybridized carbons (Fsp3) is 0.250. The van der Waals surface area contributed by atoms with Gasteiger partial charge in [0.15, 0.2) is 0 Å². The molecular weight excluding hydrogens is 346 g/mol. The molecule has 0 aliphatic carbocycles. The van der Waals surface area contributed by atoms with Crippen LogP contribution in [0.15, 0.2) is 51.2 Å². The predicted octanol–water partition coefficient (Wildman–Crippen LogP) is 2.89. The highest BCUT2D eigenvalue weighted by Crippen LogP contribution is 2.34. The lowest BCUT2D eigenvalue weighted by atomic mass is 10.0. The molecule has 1 aliphatic rings. The van der Waals surface area contributed by atoms with Crippen LogP contribution in [0, 0.1) is 6.92 Å². The predicted molar refractivity (Wildman–Crippen MR) is 90.3 cm³/mol. The molecule has 3 aromatic rings. The van der Waals surface area contributed by atoms with Crippen LogP contribution in [0.2, 0.25) is 0 Å². The quantitative estimate of drug-likeness (QED) is 0.714. The number of aromatic nitrogens is 2. The summed E-state index contributed by atoms with van der Waals surface area (Å²) in [6.45, 7) is 2.64. The van der Waals surface area contributed by atoms with Crippen molar-refractivity contribution in [3.63, 3.8) is 0 Å². The van der Waals surface area contributed by atoms with Crippen molar-refractivity contribution in [2.45, 2.75) is 17.1 Å². The van der Waals surface area contributed by atoms with Gasteiger partial charge >= 0.3 is 0 Å². The van der Waals surface area contributed by atoms with E-state index in [9.17, 15) is 8.42 Å². The monoisotopic (exact) mass is 361 g/mol. The molecule has 0 atom stereocenters. The molecule has 0 amide bonds. The lowest BCUT2D eigenvalue weighted by Gasteiger charge is -2.35. The van der Waals surface area contributed by atoms with Gasteiger partial charge in [0.25, 0.3) is 10.0 Å². The van der Waals surface area contributed by atoms with E-state index in [1.807, 2.05) is 43.3 Å². The number of nitrogens with zero attached hydrogens (tertiary/aromatic N) is 3. The number of thiophene rings is 1. The van der Waals surface area contributed by atoms with Crippen LogP contribution in [-0.2, 0) is 10.0 Å². The first kappa shape index (κ1) is 15.5. The zero-order chi connectivity index (χ0) is 16.7. The molecular formula is C16H15N3O3S2. The minimum atomic E-state index is -3.41. The number of benzene rings is 1. The molecule has 24 heavy (non-hydrogen) atoms. The molecule has 4 rings (SSSR count). The third kappa shape index (κ3) is 2.66. The molecule has 124 valence electrons. The summed E-state index contributed by atoms with van der Waals surface area (Å²) >= 11 is 1.29. The van der Waals surface area contributed by atoms with Gasteiger partial charge in [0, 0.05) is 23.5 Å². The fourth-order valence-corrected chi connectivity index (χ4v) is 5.54. The Kier molecular flexibility index (Phi) is 3.75. The number of sulfonamides is 1. The summed E-state index contributed by atoms with van der Waals surface area (Å²) in [5.74, 6) is 0.967. The molecule has 3 heterocycles. The van der Waals surface area contributed by atoms with Crippen LogP contribution in [0.3, 0.4) is 0 Å². The Morgan fingerprint density at radius 2 is 1.92 bits per heavy atom. The van der Waals surface area contributed by atoms with Gasteiger partial charge in [0.2, 0.25) is 11.7 Å². The van der Waals surface area contributed by atoms with Crippen molar-refractivity contribution in [2.75, 3.05) is 13.1 Å². The topological polar surface area (TPSA) is 76.3 Å². The van der Waals surface area contributed by atoms with Gasteiger partial charge in [-0.3, -0.25) is 0 Å². The van der Waals surface area contributed by atoms with E-state index in [4.69, 9.17) is 4.52 Å². The Labute approximate surface area is 143 Å².